The standard InChI is InChI=1S/C11H17NO3/c1-13-6-9-4-10(7-14-2)12-11(5-9)8-15-3/h4-5H,6-8H2,1-3H3. The molecule has 4 nitrogen and oxygen atoms in total. The smallest absolute Gasteiger partial charge is 0.0884 e. The summed E-state index contributed by atoms with van der Waals surface area (Å²) in [6.07, 6.45) is 0. The van der Waals surface area contributed by atoms with Crippen LogP contribution in [0.25, 0.3) is 0 Å². The van der Waals surface area contributed by atoms with Gasteiger partial charge >= 0.3 is 0 Å². The number of aromatic nitrogens is 1. The first kappa shape index (κ1) is 12.1. The number of hydrogen-bond acceptors (Lipinski definition) is 4. The Labute approximate surface area is 90.2 Å². The number of rotatable bonds is 6. The summed E-state index contributed by atoms with van der Waals surface area (Å²) in [7, 11) is 4.98. The molecule has 1 rings (SSSR count). The van der Waals surface area contributed by atoms with Crippen LogP contribution in [0.5, 0.6) is 0 Å². The van der Waals surface area contributed by atoms with Crippen molar-refractivity contribution in [2.24, 2.45) is 0 Å². The van der Waals surface area contributed by atoms with Gasteiger partial charge in [0.25, 0.3) is 0 Å². The minimum absolute atomic E-state index is 0.508. The summed E-state index contributed by atoms with van der Waals surface area (Å²) in [5, 5.41) is 0. The van der Waals surface area contributed by atoms with Gasteiger partial charge < -0.3 is 14.2 Å². The van der Waals surface area contributed by atoms with Crippen molar-refractivity contribution >= 4 is 0 Å². The first-order valence-corrected chi connectivity index (χ1v) is 4.75. The van der Waals surface area contributed by atoms with Gasteiger partial charge in [0, 0.05) is 21.3 Å². The molecule has 0 N–H and O–H groups in total. The molecule has 0 fully saturated rings. The maximum absolute atomic E-state index is 5.08. The molecular weight excluding hydrogens is 194 g/mol. The van der Waals surface area contributed by atoms with Crippen LogP contribution >= 0.6 is 0 Å². The Morgan fingerprint density at radius 2 is 1.33 bits per heavy atom. The third-order valence-corrected chi connectivity index (χ3v) is 1.89. The van der Waals surface area contributed by atoms with E-state index in [9.17, 15) is 0 Å². The predicted molar refractivity (Wildman–Crippen MR) is 56.4 cm³/mol. The summed E-state index contributed by atoms with van der Waals surface area (Å²) in [6, 6.07) is 3.96. The highest BCUT2D eigenvalue weighted by atomic mass is 16.5. The molecule has 0 aliphatic carbocycles. The molecule has 0 bridgehead atoms. The fourth-order valence-electron chi connectivity index (χ4n) is 1.41. The lowest BCUT2D eigenvalue weighted by molar-refractivity contribution is 0.169. The lowest BCUT2D eigenvalue weighted by Gasteiger charge is -2.07. The minimum Gasteiger partial charge on any atom is -0.380 e. The third-order valence-electron chi connectivity index (χ3n) is 1.89. The number of methoxy groups -OCH3 is 3. The number of nitrogens with zero attached hydrogens (tertiary/aromatic N) is 1. The molecule has 1 aromatic heterocycles. The van der Waals surface area contributed by atoms with Crippen LogP contribution < -0.4 is 0 Å². The van der Waals surface area contributed by atoms with Gasteiger partial charge in [0.2, 0.25) is 0 Å². The molecular formula is C11H17NO3. The average molecular weight is 211 g/mol. The highest BCUT2D eigenvalue weighted by Gasteiger charge is 2.02. The molecule has 0 aliphatic heterocycles. The van der Waals surface area contributed by atoms with E-state index in [2.05, 4.69) is 4.98 Å². The number of pyridine rings is 1. The van der Waals surface area contributed by atoms with Crippen molar-refractivity contribution in [3.63, 3.8) is 0 Å². The molecule has 0 saturated heterocycles. The van der Waals surface area contributed by atoms with Gasteiger partial charge in [-0.2, -0.15) is 0 Å². The topological polar surface area (TPSA) is 40.6 Å². The van der Waals surface area contributed by atoms with Crippen LogP contribution in [-0.2, 0) is 34.0 Å². The minimum atomic E-state index is 0.508. The fourth-order valence-corrected chi connectivity index (χ4v) is 1.41. The van der Waals surface area contributed by atoms with E-state index in [4.69, 9.17) is 14.2 Å². The van der Waals surface area contributed by atoms with Gasteiger partial charge in [0.1, 0.15) is 0 Å². The lowest BCUT2D eigenvalue weighted by Crippen LogP contribution is -2.01. The van der Waals surface area contributed by atoms with Crippen LogP contribution in [-0.4, -0.2) is 26.3 Å². The van der Waals surface area contributed by atoms with Crippen molar-refractivity contribution in [3.8, 4) is 0 Å². The summed E-state index contributed by atoms with van der Waals surface area (Å²) in [4.78, 5) is 4.39. The second kappa shape index (κ2) is 6.50. The van der Waals surface area contributed by atoms with E-state index in [1.165, 1.54) is 0 Å². The molecule has 0 amide bonds. The molecule has 84 valence electrons. The zero-order chi connectivity index (χ0) is 11.1. The van der Waals surface area contributed by atoms with E-state index in [1.807, 2.05) is 12.1 Å². The summed E-state index contributed by atoms with van der Waals surface area (Å²) in [6.45, 7) is 1.60. The van der Waals surface area contributed by atoms with Crippen LogP contribution in [0.15, 0.2) is 12.1 Å². The zero-order valence-electron chi connectivity index (χ0n) is 9.45. The van der Waals surface area contributed by atoms with Crippen molar-refractivity contribution in [1.82, 2.24) is 4.98 Å². The Morgan fingerprint density at radius 1 is 0.867 bits per heavy atom. The van der Waals surface area contributed by atoms with Crippen molar-refractivity contribution in [2.45, 2.75) is 19.8 Å². The second-order valence-electron chi connectivity index (χ2n) is 3.26. The molecule has 0 atom stereocenters. The Balaban J connectivity index is 2.86. The highest BCUT2D eigenvalue weighted by molar-refractivity contribution is 5.20. The van der Waals surface area contributed by atoms with Crippen LogP contribution in [0.3, 0.4) is 0 Å². The van der Waals surface area contributed by atoms with E-state index >= 15 is 0 Å². The summed E-state index contributed by atoms with van der Waals surface area (Å²) in [5.74, 6) is 0. The first-order chi connectivity index (χ1) is 7.30. The molecule has 0 unspecified atom stereocenters. The van der Waals surface area contributed by atoms with Crippen molar-refractivity contribution < 1.29 is 14.2 Å². The zero-order valence-corrected chi connectivity index (χ0v) is 9.45. The summed E-state index contributed by atoms with van der Waals surface area (Å²) in [5.41, 5.74) is 2.89. The van der Waals surface area contributed by atoms with Gasteiger partial charge in [0.15, 0.2) is 0 Å². The average Bonchev–Trinajstić information content (AvgIpc) is 2.19. The Morgan fingerprint density at radius 3 is 1.73 bits per heavy atom. The van der Waals surface area contributed by atoms with E-state index in [0.29, 0.717) is 19.8 Å². The molecule has 1 heterocycles. The van der Waals surface area contributed by atoms with Gasteiger partial charge in [-0.3, -0.25) is 4.98 Å². The van der Waals surface area contributed by atoms with Gasteiger partial charge in [0.05, 0.1) is 31.2 Å². The molecule has 0 spiro atoms. The molecule has 0 radical (unpaired) electrons. The van der Waals surface area contributed by atoms with E-state index < -0.39 is 0 Å². The van der Waals surface area contributed by atoms with Crippen molar-refractivity contribution in [3.05, 3.63) is 29.1 Å². The SMILES string of the molecule is COCc1cc(COC)nc(COC)c1. The van der Waals surface area contributed by atoms with Crippen molar-refractivity contribution in [1.29, 1.82) is 0 Å². The molecule has 0 aliphatic rings. The van der Waals surface area contributed by atoms with E-state index in [0.717, 1.165) is 17.0 Å². The third kappa shape index (κ3) is 3.95. The van der Waals surface area contributed by atoms with E-state index in [-0.39, 0.29) is 0 Å². The van der Waals surface area contributed by atoms with Gasteiger partial charge in [-0.15, -0.1) is 0 Å². The second-order valence-corrected chi connectivity index (χ2v) is 3.26. The Bertz CT molecular complexity index is 242. The number of hydrogen-bond donors (Lipinski definition) is 0. The van der Waals surface area contributed by atoms with Gasteiger partial charge in [-0.1, -0.05) is 0 Å². The quantitative estimate of drug-likeness (QED) is 0.715. The van der Waals surface area contributed by atoms with Gasteiger partial charge in [-0.25, -0.2) is 0 Å². The molecule has 0 saturated carbocycles. The monoisotopic (exact) mass is 211 g/mol. The normalized spacial score (nSPS) is 10.6. The maximum atomic E-state index is 5.08. The van der Waals surface area contributed by atoms with Crippen LogP contribution in [0.4, 0.5) is 0 Å². The van der Waals surface area contributed by atoms with Crippen LogP contribution in [0, 0.1) is 0 Å². The first-order valence-electron chi connectivity index (χ1n) is 4.75. The molecule has 1 aromatic rings. The highest BCUT2D eigenvalue weighted by Crippen LogP contribution is 2.09. The van der Waals surface area contributed by atoms with E-state index in [1.54, 1.807) is 21.3 Å². The molecule has 0 aromatic carbocycles. The number of ether oxygens (including phenoxy) is 3. The fraction of sp³-hybridized carbons (Fsp3) is 0.545. The Kier molecular flexibility index (Phi) is 5.25. The Hall–Kier alpha value is -0.970. The van der Waals surface area contributed by atoms with Gasteiger partial charge in [-0.05, 0) is 17.7 Å². The summed E-state index contributed by atoms with van der Waals surface area (Å²) < 4.78 is 15.2. The maximum Gasteiger partial charge on any atom is 0.0884 e. The summed E-state index contributed by atoms with van der Waals surface area (Å²) >= 11 is 0. The lowest BCUT2D eigenvalue weighted by atomic mass is 10.2. The van der Waals surface area contributed by atoms with Crippen molar-refractivity contribution in [2.75, 3.05) is 21.3 Å². The van der Waals surface area contributed by atoms with Crippen LogP contribution in [0.1, 0.15) is 17.0 Å². The predicted octanol–water partition coefficient (Wildman–Crippen LogP) is 1.52. The largest absolute Gasteiger partial charge is 0.380 e. The molecule has 4 heteroatoms. The van der Waals surface area contributed by atoms with Crippen LogP contribution in [0.2, 0.25) is 0 Å². The molecule has 15 heavy (non-hydrogen) atoms.